The first-order valence-corrected chi connectivity index (χ1v) is 6.96. The molecule has 1 amide bonds. The number of amides is 1. The van der Waals surface area contributed by atoms with E-state index in [2.05, 4.69) is 15.4 Å². The number of rotatable bonds is 5. The van der Waals surface area contributed by atoms with Crippen molar-refractivity contribution in [3.05, 3.63) is 36.2 Å². The van der Waals surface area contributed by atoms with Gasteiger partial charge in [0.2, 0.25) is 0 Å². The predicted octanol–water partition coefficient (Wildman–Crippen LogP) is 1.42. The maximum atomic E-state index is 12.2. The summed E-state index contributed by atoms with van der Waals surface area (Å²) in [6, 6.07) is 4.95. The first kappa shape index (κ1) is 16.5. The number of carboxylic acids is 1. The number of anilines is 2. The van der Waals surface area contributed by atoms with Gasteiger partial charge in [0, 0.05) is 32.6 Å². The van der Waals surface area contributed by atoms with E-state index in [1.807, 2.05) is 19.0 Å². The van der Waals surface area contributed by atoms with Crippen molar-refractivity contribution in [3.8, 4) is 0 Å². The van der Waals surface area contributed by atoms with Crippen LogP contribution in [0.4, 0.5) is 11.6 Å². The summed E-state index contributed by atoms with van der Waals surface area (Å²) in [4.78, 5) is 29.4. The van der Waals surface area contributed by atoms with Gasteiger partial charge in [0.25, 0.3) is 5.91 Å². The van der Waals surface area contributed by atoms with E-state index in [9.17, 15) is 14.7 Å². The SMILES string of the molecule is CN(C)c1ccc(C(=O)Nc2ccn(C(C)(C)C(=O)O)n2)cn1. The van der Waals surface area contributed by atoms with E-state index in [0.29, 0.717) is 5.56 Å². The maximum Gasteiger partial charge on any atom is 0.331 e. The van der Waals surface area contributed by atoms with Gasteiger partial charge in [-0.2, -0.15) is 5.10 Å². The van der Waals surface area contributed by atoms with Crippen LogP contribution in [0.3, 0.4) is 0 Å². The van der Waals surface area contributed by atoms with Gasteiger partial charge in [0.15, 0.2) is 11.4 Å². The van der Waals surface area contributed by atoms with E-state index in [4.69, 9.17) is 0 Å². The van der Waals surface area contributed by atoms with Crippen LogP contribution in [-0.4, -0.2) is 45.8 Å². The molecule has 8 heteroatoms. The second-order valence-electron chi connectivity index (χ2n) is 5.76. The highest BCUT2D eigenvalue weighted by Gasteiger charge is 2.30. The number of pyridine rings is 1. The Morgan fingerprint density at radius 1 is 1.26 bits per heavy atom. The van der Waals surface area contributed by atoms with Gasteiger partial charge in [-0.15, -0.1) is 0 Å². The van der Waals surface area contributed by atoms with Crippen LogP contribution in [0.5, 0.6) is 0 Å². The van der Waals surface area contributed by atoms with Crippen LogP contribution in [0.2, 0.25) is 0 Å². The van der Waals surface area contributed by atoms with Crippen molar-refractivity contribution in [3.63, 3.8) is 0 Å². The first-order chi connectivity index (χ1) is 10.7. The second-order valence-corrected chi connectivity index (χ2v) is 5.76. The third kappa shape index (κ3) is 3.47. The molecule has 0 radical (unpaired) electrons. The van der Waals surface area contributed by atoms with Gasteiger partial charge in [-0.25, -0.2) is 9.78 Å². The van der Waals surface area contributed by atoms with Crippen LogP contribution in [0.15, 0.2) is 30.6 Å². The summed E-state index contributed by atoms with van der Waals surface area (Å²) in [5.41, 5.74) is -0.805. The molecule has 2 aromatic heterocycles. The molecule has 0 unspecified atom stereocenters. The van der Waals surface area contributed by atoms with Crippen molar-refractivity contribution >= 4 is 23.5 Å². The predicted molar refractivity (Wildman–Crippen MR) is 85.7 cm³/mol. The molecule has 0 bridgehead atoms. The Labute approximate surface area is 133 Å². The number of carboxylic acid groups (broad SMARTS) is 1. The van der Waals surface area contributed by atoms with Crippen LogP contribution < -0.4 is 10.2 Å². The van der Waals surface area contributed by atoms with E-state index in [0.717, 1.165) is 5.82 Å². The Morgan fingerprint density at radius 3 is 2.48 bits per heavy atom. The number of carbonyl (C=O) groups is 2. The zero-order chi connectivity index (χ0) is 17.2. The molecule has 122 valence electrons. The molecule has 0 fully saturated rings. The van der Waals surface area contributed by atoms with Gasteiger partial charge in [0.1, 0.15) is 5.82 Å². The van der Waals surface area contributed by atoms with Gasteiger partial charge in [-0.3, -0.25) is 9.48 Å². The summed E-state index contributed by atoms with van der Waals surface area (Å²) in [7, 11) is 3.72. The number of nitrogens with zero attached hydrogens (tertiary/aromatic N) is 4. The van der Waals surface area contributed by atoms with Crippen molar-refractivity contribution < 1.29 is 14.7 Å². The highest BCUT2D eigenvalue weighted by atomic mass is 16.4. The fraction of sp³-hybridized carbons (Fsp3) is 0.333. The lowest BCUT2D eigenvalue weighted by Crippen LogP contribution is -2.36. The molecule has 2 heterocycles. The lowest BCUT2D eigenvalue weighted by Gasteiger charge is -2.19. The van der Waals surface area contributed by atoms with Gasteiger partial charge in [-0.05, 0) is 26.0 Å². The Morgan fingerprint density at radius 2 is 1.96 bits per heavy atom. The number of aromatic nitrogens is 3. The molecule has 0 aliphatic heterocycles. The first-order valence-electron chi connectivity index (χ1n) is 6.96. The Hall–Kier alpha value is -2.90. The summed E-state index contributed by atoms with van der Waals surface area (Å²) >= 11 is 0. The minimum Gasteiger partial charge on any atom is -0.479 e. The van der Waals surface area contributed by atoms with Crippen LogP contribution >= 0.6 is 0 Å². The summed E-state index contributed by atoms with van der Waals surface area (Å²) in [5.74, 6) is -0.349. The molecule has 8 nitrogen and oxygen atoms in total. The summed E-state index contributed by atoms with van der Waals surface area (Å²) < 4.78 is 1.29. The molecule has 0 saturated carbocycles. The fourth-order valence-electron chi connectivity index (χ4n) is 1.77. The third-order valence-corrected chi connectivity index (χ3v) is 3.40. The largest absolute Gasteiger partial charge is 0.479 e. The van der Waals surface area contributed by atoms with E-state index in [-0.39, 0.29) is 11.7 Å². The summed E-state index contributed by atoms with van der Waals surface area (Å²) in [6.45, 7) is 3.05. The van der Waals surface area contributed by atoms with Crippen LogP contribution in [0.1, 0.15) is 24.2 Å². The summed E-state index contributed by atoms with van der Waals surface area (Å²) in [6.07, 6.45) is 2.99. The minimum absolute atomic E-state index is 0.279. The molecule has 2 aromatic rings. The van der Waals surface area contributed by atoms with E-state index in [1.165, 1.54) is 30.9 Å². The Bertz CT molecular complexity index is 719. The molecule has 0 aliphatic carbocycles. The molecule has 0 spiro atoms. The summed E-state index contributed by atoms with van der Waals surface area (Å²) in [5, 5.41) is 15.9. The number of nitrogens with one attached hydrogen (secondary N) is 1. The van der Waals surface area contributed by atoms with E-state index < -0.39 is 11.5 Å². The Balaban J connectivity index is 2.12. The number of aliphatic carboxylic acids is 1. The molecule has 23 heavy (non-hydrogen) atoms. The zero-order valence-electron chi connectivity index (χ0n) is 13.4. The van der Waals surface area contributed by atoms with Gasteiger partial charge in [-0.1, -0.05) is 0 Å². The maximum absolute atomic E-state index is 12.2. The van der Waals surface area contributed by atoms with Gasteiger partial charge < -0.3 is 15.3 Å². The zero-order valence-corrected chi connectivity index (χ0v) is 13.4. The average molecular weight is 317 g/mol. The van der Waals surface area contributed by atoms with Crippen LogP contribution in [-0.2, 0) is 10.3 Å². The van der Waals surface area contributed by atoms with Crippen molar-refractivity contribution in [1.29, 1.82) is 0 Å². The molecule has 0 aliphatic rings. The lowest BCUT2D eigenvalue weighted by molar-refractivity contribution is -0.146. The van der Waals surface area contributed by atoms with E-state index in [1.54, 1.807) is 18.2 Å². The topological polar surface area (TPSA) is 100 Å². The smallest absolute Gasteiger partial charge is 0.331 e. The highest BCUT2D eigenvalue weighted by Crippen LogP contribution is 2.17. The van der Waals surface area contributed by atoms with Gasteiger partial charge in [0.05, 0.1) is 5.56 Å². The quantitative estimate of drug-likeness (QED) is 0.865. The molecule has 0 aromatic carbocycles. The molecule has 2 N–H and O–H groups in total. The molecule has 2 rings (SSSR count). The van der Waals surface area contributed by atoms with Crippen molar-refractivity contribution in [2.24, 2.45) is 0 Å². The molecular formula is C15H19N5O3. The Kier molecular flexibility index (Phi) is 4.35. The average Bonchev–Trinajstić information content (AvgIpc) is 2.96. The van der Waals surface area contributed by atoms with E-state index >= 15 is 0 Å². The second kappa shape index (κ2) is 6.07. The molecule has 0 saturated heterocycles. The standard InChI is InChI=1S/C15H19N5O3/c1-15(2,14(22)23)20-8-7-11(18-20)17-13(21)10-5-6-12(16-9-10)19(3)4/h5-9H,1-4H3,(H,22,23)(H,17,18,21). The fourth-order valence-corrected chi connectivity index (χ4v) is 1.77. The highest BCUT2D eigenvalue weighted by molar-refractivity contribution is 6.03. The van der Waals surface area contributed by atoms with Crippen LogP contribution in [0, 0.1) is 0 Å². The molecule has 0 atom stereocenters. The van der Waals surface area contributed by atoms with Crippen LogP contribution in [0.25, 0.3) is 0 Å². The molecular weight excluding hydrogens is 298 g/mol. The minimum atomic E-state index is -1.20. The van der Waals surface area contributed by atoms with Gasteiger partial charge >= 0.3 is 5.97 Å². The number of hydrogen-bond donors (Lipinski definition) is 2. The number of carbonyl (C=O) groups excluding carboxylic acids is 1. The third-order valence-electron chi connectivity index (χ3n) is 3.40. The monoisotopic (exact) mass is 317 g/mol. The van der Waals surface area contributed by atoms with Crippen molar-refractivity contribution in [2.75, 3.05) is 24.3 Å². The van der Waals surface area contributed by atoms with Crippen molar-refractivity contribution in [1.82, 2.24) is 14.8 Å². The normalized spacial score (nSPS) is 11.1. The number of hydrogen-bond acceptors (Lipinski definition) is 5. The van der Waals surface area contributed by atoms with Crippen molar-refractivity contribution in [2.45, 2.75) is 19.4 Å². The lowest BCUT2D eigenvalue weighted by atomic mass is 10.1.